The van der Waals surface area contributed by atoms with E-state index in [4.69, 9.17) is 10.5 Å². The van der Waals surface area contributed by atoms with Crippen LogP contribution < -0.4 is 10.5 Å². The molecule has 3 nitrogen and oxygen atoms in total. The van der Waals surface area contributed by atoms with Gasteiger partial charge in [0.25, 0.3) is 0 Å². The van der Waals surface area contributed by atoms with Crippen molar-refractivity contribution in [2.45, 2.75) is 0 Å². The molecule has 3 aromatic rings. The van der Waals surface area contributed by atoms with Crippen molar-refractivity contribution in [3.63, 3.8) is 0 Å². The molecule has 0 unspecified atom stereocenters. The van der Waals surface area contributed by atoms with E-state index in [2.05, 4.69) is 4.98 Å². The van der Waals surface area contributed by atoms with Crippen LogP contribution >= 0.6 is 0 Å². The minimum atomic E-state index is 0.711. The van der Waals surface area contributed by atoms with Crippen LogP contribution in [0.1, 0.15) is 0 Å². The highest BCUT2D eigenvalue weighted by molar-refractivity contribution is 5.93. The van der Waals surface area contributed by atoms with Crippen LogP contribution in [0.2, 0.25) is 0 Å². The molecule has 2 aromatic carbocycles. The quantitative estimate of drug-likeness (QED) is 0.757. The van der Waals surface area contributed by atoms with Crippen molar-refractivity contribution in [2.75, 3.05) is 12.8 Å². The van der Waals surface area contributed by atoms with Gasteiger partial charge in [0.15, 0.2) is 0 Å². The largest absolute Gasteiger partial charge is 0.497 e. The number of hydrogen-bond acceptors (Lipinski definition) is 3. The summed E-state index contributed by atoms with van der Waals surface area (Å²) in [6, 6.07) is 17.6. The van der Waals surface area contributed by atoms with E-state index in [1.807, 2.05) is 54.6 Å². The van der Waals surface area contributed by atoms with Crippen LogP contribution in [-0.4, -0.2) is 12.1 Å². The molecule has 3 heteroatoms. The zero-order chi connectivity index (χ0) is 13.2. The molecular formula is C16H14N2O. The second kappa shape index (κ2) is 4.61. The maximum absolute atomic E-state index is 6.12. The molecule has 0 atom stereocenters. The van der Waals surface area contributed by atoms with Crippen LogP contribution in [0.25, 0.3) is 22.2 Å². The number of benzene rings is 2. The third kappa shape index (κ3) is 2.10. The molecule has 1 heterocycles. The van der Waals surface area contributed by atoms with Gasteiger partial charge in [-0.25, -0.2) is 4.98 Å². The minimum Gasteiger partial charge on any atom is -0.497 e. The van der Waals surface area contributed by atoms with Gasteiger partial charge in [-0.05, 0) is 24.3 Å². The summed E-state index contributed by atoms with van der Waals surface area (Å²) in [5.74, 6) is 0.786. The number of pyridine rings is 1. The van der Waals surface area contributed by atoms with Gasteiger partial charge < -0.3 is 10.5 Å². The molecule has 0 radical (unpaired) electrons. The number of methoxy groups -OCH3 is 1. The minimum absolute atomic E-state index is 0.711. The van der Waals surface area contributed by atoms with Crippen molar-refractivity contribution < 1.29 is 4.74 Å². The fourth-order valence-electron chi connectivity index (χ4n) is 2.11. The number of aromatic nitrogens is 1. The van der Waals surface area contributed by atoms with Gasteiger partial charge in [0.2, 0.25) is 0 Å². The molecule has 0 fully saturated rings. The first-order chi connectivity index (χ1) is 9.28. The Morgan fingerprint density at radius 1 is 1.00 bits per heavy atom. The third-order valence-electron chi connectivity index (χ3n) is 3.12. The smallest absolute Gasteiger partial charge is 0.119 e. The zero-order valence-electron chi connectivity index (χ0n) is 10.6. The highest BCUT2D eigenvalue weighted by Crippen LogP contribution is 2.28. The van der Waals surface area contributed by atoms with E-state index in [0.29, 0.717) is 5.69 Å². The van der Waals surface area contributed by atoms with Gasteiger partial charge in [-0.1, -0.05) is 30.3 Å². The molecule has 0 saturated heterocycles. The molecule has 1 aromatic heterocycles. The van der Waals surface area contributed by atoms with E-state index in [0.717, 1.165) is 27.9 Å². The molecule has 0 amide bonds. The van der Waals surface area contributed by atoms with Crippen molar-refractivity contribution in [1.82, 2.24) is 4.98 Å². The fraction of sp³-hybridized carbons (Fsp3) is 0.0625. The van der Waals surface area contributed by atoms with Crippen molar-refractivity contribution in [2.24, 2.45) is 0 Å². The molecule has 0 aliphatic heterocycles. The number of nitrogen functional groups attached to an aromatic ring is 1. The first-order valence-corrected chi connectivity index (χ1v) is 6.07. The van der Waals surface area contributed by atoms with Crippen molar-refractivity contribution in [1.29, 1.82) is 0 Å². The van der Waals surface area contributed by atoms with E-state index in [-0.39, 0.29) is 0 Å². The molecule has 19 heavy (non-hydrogen) atoms. The van der Waals surface area contributed by atoms with Crippen molar-refractivity contribution >= 4 is 16.6 Å². The lowest BCUT2D eigenvalue weighted by molar-refractivity contribution is 0.415. The number of nitrogens with zero attached hydrogens (tertiary/aromatic N) is 1. The summed E-state index contributed by atoms with van der Waals surface area (Å²) < 4.78 is 5.21. The average Bonchev–Trinajstić information content (AvgIpc) is 2.48. The van der Waals surface area contributed by atoms with Crippen molar-refractivity contribution in [3.8, 4) is 17.0 Å². The molecule has 0 aliphatic rings. The van der Waals surface area contributed by atoms with Crippen LogP contribution in [0.3, 0.4) is 0 Å². The number of anilines is 1. The molecule has 0 spiro atoms. The second-order valence-electron chi connectivity index (χ2n) is 4.35. The fourth-order valence-corrected chi connectivity index (χ4v) is 2.11. The maximum atomic E-state index is 6.12. The van der Waals surface area contributed by atoms with E-state index in [9.17, 15) is 0 Å². The molecule has 0 bridgehead atoms. The summed E-state index contributed by atoms with van der Waals surface area (Å²) in [5, 5.41) is 0.916. The number of nitrogens with two attached hydrogens (primary N) is 1. The number of hydrogen-bond donors (Lipinski definition) is 1. The Labute approximate surface area is 111 Å². The second-order valence-corrected chi connectivity index (χ2v) is 4.35. The molecule has 0 aliphatic carbocycles. The predicted octanol–water partition coefficient (Wildman–Crippen LogP) is 3.49. The lowest BCUT2D eigenvalue weighted by atomic mass is 10.1. The van der Waals surface area contributed by atoms with Gasteiger partial charge in [0.05, 0.1) is 18.3 Å². The predicted molar refractivity (Wildman–Crippen MR) is 78.1 cm³/mol. The lowest BCUT2D eigenvalue weighted by Crippen LogP contribution is -1.93. The first kappa shape index (κ1) is 11.5. The van der Waals surface area contributed by atoms with Gasteiger partial charge in [0.1, 0.15) is 5.75 Å². The molecule has 94 valence electrons. The monoisotopic (exact) mass is 250 g/mol. The van der Waals surface area contributed by atoms with Crippen LogP contribution in [-0.2, 0) is 0 Å². The molecule has 3 rings (SSSR count). The van der Waals surface area contributed by atoms with E-state index in [1.54, 1.807) is 7.11 Å². The maximum Gasteiger partial charge on any atom is 0.119 e. The Kier molecular flexibility index (Phi) is 2.80. The van der Waals surface area contributed by atoms with E-state index < -0.39 is 0 Å². The number of ether oxygens (including phenoxy) is 1. The van der Waals surface area contributed by atoms with E-state index >= 15 is 0 Å². The van der Waals surface area contributed by atoms with Gasteiger partial charge in [-0.2, -0.15) is 0 Å². The average molecular weight is 250 g/mol. The van der Waals surface area contributed by atoms with Crippen LogP contribution in [0.15, 0.2) is 54.6 Å². The highest BCUT2D eigenvalue weighted by Gasteiger charge is 2.06. The van der Waals surface area contributed by atoms with Gasteiger partial charge >= 0.3 is 0 Å². The summed E-state index contributed by atoms with van der Waals surface area (Å²) in [6.45, 7) is 0. The number of fused-ring (bicyclic) bond motifs is 1. The summed E-state index contributed by atoms with van der Waals surface area (Å²) in [5.41, 5.74) is 9.65. The SMILES string of the molecule is COc1ccc2nc(-c3ccccc3)cc(N)c2c1. The first-order valence-electron chi connectivity index (χ1n) is 6.07. The summed E-state index contributed by atoms with van der Waals surface area (Å²) in [6.07, 6.45) is 0. The van der Waals surface area contributed by atoms with E-state index in [1.165, 1.54) is 0 Å². The Balaban J connectivity index is 2.20. The Bertz CT molecular complexity index is 723. The molecule has 2 N–H and O–H groups in total. The number of rotatable bonds is 2. The lowest BCUT2D eigenvalue weighted by Gasteiger charge is -2.08. The molecular weight excluding hydrogens is 236 g/mol. The van der Waals surface area contributed by atoms with Crippen molar-refractivity contribution in [3.05, 3.63) is 54.6 Å². The Morgan fingerprint density at radius 2 is 1.79 bits per heavy atom. The summed E-state index contributed by atoms with van der Waals surface area (Å²) in [4.78, 5) is 4.65. The Hall–Kier alpha value is -2.55. The Morgan fingerprint density at radius 3 is 2.53 bits per heavy atom. The van der Waals surface area contributed by atoms with Gasteiger partial charge in [-0.3, -0.25) is 0 Å². The van der Waals surface area contributed by atoms with Crippen LogP contribution in [0.4, 0.5) is 5.69 Å². The van der Waals surface area contributed by atoms with Crippen LogP contribution in [0.5, 0.6) is 5.75 Å². The highest BCUT2D eigenvalue weighted by atomic mass is 16.5. The summed E-state index contributed by atoms with van der Waals surface area (Å²) >= 11 is 0. The standard InChI is InChI=1S/C16H14N2O/c1-19-12-7-8-15-13(9-12)14(17)10-16(18-15)11-5-3-2-4-6-11/h2-10H,1H3,(H2,17,18). The van der Waals surface area contributed by atoms with Crippen LogP contribution in [0, 0.1) is 0 Å². The normalized spacial score (nSPS) is 10.6. The summed E-state index contributed by atoms with van der Waals surface area (Å²) in [7, 11) is 1.64. The molecule has 0 saturated carbocycles. The third-order valence-corrected chi connectivity index (χ3v) is 3.12. The van der Waals surface area contributed by atoms with Gasteiger partial charge in [-0.15, -0.1) is 0 Å². The van der Waals surface area contributed by atoms with Gasteiger partial charge in [0, 0.05) is 16.6 Å². The zero-order valence-corrected chi connectivity index (χ0v) is 10.6. The topological polar surface area (TPSA) is 48.1 Å².